The second-order valence-electron chi connectivity index (χ2n) is 1.29. The average molecular weight is 189 g/mol. The maximum atomic E-state index is 8.88. The third-order valence-electron chi connectivity index (χ3n) is 0.408. The lowest BCUT2D eigenvalue weighted by Crippen LogP contribution is -1.84. The maximum absolute atomic E-state index is 8.88. The fraction of sp³-hybridized carbons (Fsp3) is 1.00. The Kier molecular flexibility index (Phi) is 15.7. The van der Waals surface area contributed by atoms with Crippen LogP contribution < -0.4 is 6.15 Å². The predicted octanol–water partition coefficient (Wildman–Crippen LogP) is 0.276. The maximum Gasteiger partial charge on any atom is 0.466 e. The minimum atomic E-state index is -4.64. The number of hydrogen-bond donors (Lipinski definition) is 4. The van der Waals surface area contributed by atoms with Crippen LogP contribution in [0, 0.1) is 0 Å². The molecule has 0 heterocycles. The summed E-state index contributed by atoms with van der Waals surface area (Å²) in [7, 11) is -4.64. The van der Waals surface area contributed by atoms with Gasteiger partial charge in [0.1, 0.15) is 0 Å². The molecule has 0 aliphatic heterocycles. The molecule has 0 fully saturated rings. The third kappa shape index (κ3) is 157. The second-order valence-corrected chi connectivity index (χ2v) is 2.32. The lowest BCUT2D eigenvalue weighted by Gasteiger charge is -1.86. The average Bonchev–Trinajstić information content (AvgIpc) is 1.63. The van der Waals surface area contributed by atoms with Crippen LogP contribution in [-0.4, -0.2) is 27.9 Å². The highest BCUT2D eigenvalue weighted by molar-refractivity contribution is 7.45. The fourth-order valence-electron chi connectivity index (χ4n) is 0.204. The largest absolute Gasteiger partial charge is 0.466 e. The van der Waals surface area contributed by atoms with Crippen molar-refractivity contribution in [3.05, 3.63) is 0 Å². The predicted molar refractivity (Wildman–Crippen MR) is 41.5 cm³/mol. The van der Waals surface area contributed by atoms with Crippen LogP contribution in [0.15, 0.2) is 0 Å². The van der Waals surface area contributed by atoms with Crippen LogP contribution in [-0.2, 0) is 9.30 Å². The molecule has 0 spiro atoms. The SMILES string of the molecule is CCOCC.N.O=P(O)(O)O. The quantitative estimate of drug-likeness (QED) is 0.462. The van der Waals surface area contributed by atoms with Gasteiger partial charge in [-0.1, -0.05) is 0 Å². The Labute approximate surface area is 66.0 Å². The summed E-state index contributed by atoms with van der Waals surface area (Å²) in [5.74, 6) is 0. The van der Waals surface area contributed by atoms with Crippen molar-refractivity contribution in [3.8, 4) is 0 Å². The van der Waals surface area contributed by atoms with E-state index in [9.17, 15) is 0 Å². The molecule has 6 nitrogen and oxygen atoms in total. The van der Waals surface area contributed by atoms with Crippen LogP contribution in [0.4, 0.5) is 0 Å². The highest BCUT2D eigenvalue weighted by Crippen LogP contribution is 2.25. The van der Waals surface area contributed by atoms with E-state index in [2.05, 4.69) is 0 Å². The van der Waals surface area contributed by atoms with E-state index in [-0.39, 0.29) is 6.15 Å². The van der Waals surface area contributed by atoms with E-state index >= 15 is 0 Å². The molecule has 0 amide bonds. The zero-order valence-corrected chi connectivity index (χ0v) is 7.62. The molecular weight excluding hydrogens is 173 g/mol. The Bertz CT molecular complexity index is 92.4. The summed E-state index contributed by atoms with van der Waals surface area (Å²) in [5, 5.41) is 0. The van der Waals surface area contributed by atoms with Gasteiger partial charge in [0.15, 0.2) is 0 Å². The van der Waals surface area contributed by atoms with Crippen molar-refractivity contribution in [1.82, 2.24) is 6.15 Å². The van der Waals surface area contributed by atoms with E-state index in [4.69, 9.17) is 24.0 Å². The van der Waals surface area contributed by atoms with Crippen LogP contribution in [0.1, 0.15) is 13.8 Å². The minimum absolute atomic E-state index is 0. The zero-order chi connectivity index (χ0) is 8.62. The summed E-state index contributed by atoms with van der Waals surface area (Å²) in [6.07, 6.45) is 0. The third-order valence-corrected chi connectivity index (χ3v) is 0.408. The summed E-state index contributed by atoms with van der Waals surface area (Å²) >= 11 is 0. The standard InChI is InChI=1S/C4H10O.H3N.H3O4P/c1-3-5-4-2;;1-5(2,3)4/h3-4H2,1-2H3;1H3;(H3,1,2,3,4). The topological polar surface area (TPSA) is 122 Å². The van der Waals surface area contributed by atoms with Crippen molar-refractivity contribution < 1.29 is 24.0 Å². The van der Waals surface area contributed by atoms with E-state index in [1.54, 1.807) is 0 Å². The van der Waals surface area contributed by atoms with Crippen LogP contribution in [0.25, 0.3) is 0 Å². The molecule has 0 saturated carbocycles. The Morgan fingerprint density at radius 3 is 1.36 bits per heavy atom. The second kappa shape index (κ2) is 10.0. The molecule has 0 bridgehead atoms. The molecule has 0 aliphatic carbocycles. The van der Waals surface area contributed by atoms with Crippen LogP contribution in [0.2, 0.25) is 0 Å². The molecule has 0 aliphatic rings. The van der Waals surface area contributed by atoms with Gasteiger partial charge in [-0.15, -0.1) is 0 Å². The molecule has 0 saturated heterocycles. The number of ether oxygens (including phenoxy) is 1. The van der Waals surface area contributed by atoms with Crippen molar-refractivity contribution in [3.63, 3.8) is 0 Å². The lowest BCUT2D eigenvalue weighted by atomic mass is 10.8. The van der Waals surface area contributed by atoms with Gasteiger partial charge in [-0.2, -0.15) is 0 Å². The summed E-state index contributed by atoms with van der Waals surface area (Å²) in [6, 6.07) is 0. The van der Waals surface area contributed by atoms with Crippen molar-refractivity contribution in [2.45, 2.75) is 13.8 Å². The summed E-state index contributed by atoms with van der Waals surface area (Å²) in [5.41, 5.74) is 0. The first-order valence-electron chi connectivity index (χ1n) is 2.77. The number of hydrogen-bond acceptors (Lipinski definition) is 3. The van der Waals surface area contributed by atoms with E-state index in [1.165, 1.54) is 0 Å². The van der Waals surface area contributed by atoms with Gasteiger partial charge < -0.3 is 25.6 Å². The van der Waals surface area contributed by atoms with Gasteiger partial charge in [0.05, 0.1) is 0 Å². The van der Waals surface area contributed by atoms with E-state index in [0.29, 0.717) is 0 Å². The molecule has 72 valence electrons. The molecule has 0 unspecified atom stereocenters. The summed E-state index contributed by atoms with van der Waals surface area (Å²) < 4.78 is 13.7. The molecule has 11 heavy (non-hydrogen) atoms. The van der Waals surface area contributed by atoms with Gasteiger partial charge in [-0.25, -0.2) is 4.57 Å². The Morgan fingerprint density at radius 1 is 1.18 bits per heavy atom. The number of rotatable bonds is 2. The molecule has 0 radical (unpaired) electrons. The lowest BCUT2D eigenvalue weighted by molar-refractivity contribution is 0.162. The first kappa shape index (κ1) is 17.2. The monoisotopic (exact) mass is 189 g/mol. The van der Waals surface area contributed by atoms with Gasteiger partial charge in [-0.3, -0.25) is 0 Å². The molecule has 0 rings (SSSR count). The van der Waals surface area contributed by atoms with E-state index < -0.39 is 7.82 Å². The van der Waals surface area contributed by atoms with E-state index in [0.717, 1.165) is 13.2 Å². The Balaban J connectivity index is -0.000000107. The summed E-state index contributed by atoms with van der Waals surface area (Å²) in [6.45, 7) is 5.67. The molecular formula is C4H16NO5P. The van der Waals surface area contributed by atoms with Crippen LogP contribution >= 0.6 is 7.82 Å². The molecule has 0 atom stereocenters. The molecule has 0 aromatic carbocycles. The van der Waals surface area contributed by atoms with Crippen molar-refractivity contribution >= 4 is 7.82 Å². The van der Waals surface area contributed by atoms with Gasteiger partial charge in [-0.05, 0) is 13.8 Å². The van der Waals surface area contributed by atoms with Crippen molar-refractivity contribution in [1.29, 1.82) is 0 Å². The Hall–Kier alpha value is 0.0300. The first-order chi connectivity index (χ1) is 4.41. The minimum Gasteiger partial charge on any atom is -0.382 e. The molecule has 7 heteroatoms. The highest BCUT2D eigenvalue weighted by atomic mass is 31.2. The smallest absolute Gasteiger partial charge is 0.382 e. The van der Waals surface area contributed by atoms with E-state index in [1.807, 2.05) is 13.8 Å². The van der Waals surface area contributed by atoms with Gasteiger partial charge in [0.25, 0.3) is 0 Å². The van der Waals surface area contributed by atoms with Gasteiger partial charge in [0.2, 0.25) is 0 Å². The van der Waals surface area contributed by atoms with Crippen molar-refractivity contribution in [2.75, 3.05) is 13.2 Å². The fourth-order valence-corrected chi connectivity index (χ4v) is 0.204. The first-order valence-corrected chi connectivity index (χ1v) is 4.34. The van der Waals surface area contributed by atoms with Crippen LogP contribution in [0.5, 0.6) is 0 Å². The molecule has 0 aromatic rings. The summed E-state index contributed by atoms with van der Waals surface area (Å²) in [4.78, 5) is 21.6. The molecule has 6 N–H and O–H groups in total. The Morgan fingerprint density at radius 2 is 1.36 bits per heavy atom. The van der Waals surface area contributed by atoms with Gasteiger partial charge >= 0.3 is 7.82 Å². The highest BCUT2D eigenvalue weighted by Gasteiger charge is 2.00. The van der Waals surface area contributed by atoms with Gasteiger partial charge in [0, 0.05) is 13.2 Å². The number of phosphoric acid groups is 1. The molecule has 0 aromatic heterocycles. The van der Waals surface area contributed by atoms with Crippen molar-refractivity contribution in [2.24, 2.45) is 0 Å². The normalized spacial score (nSPS) is 9.18. The van der Waals surface area contributed by atoms with Crippen LogP contribution in [0.3, 0.4) is 0 Å². The zero-order valence-electron chi connectivity index (χ0n) is 6.73.